The van der Waals surface area contributed by atoms with Crippen LogP contribution < -0.4 is 22.1 Å². The lowest BCUT2D eigenvalue weighted by atomic mass is 9.91. The maximum absolute atomic E-state index is 12.1. The highest BCUT2D eigenvalue weighted by Gasteiger charge is 2.24. The van der Waals surface area contributed by atoms with Crippen LogP contribution in [0.1, 0.15) is 42.6 Å². The van der Waals surface area contributed by atoms with Gasteiger partial charge in [-0.25, -0.2) is 9.97 Å². The molecule has 1 fully saturated rings. The lowest BCUT2D eigenvalue weighted by Crippen LogP contribution is -2.44. The Morgan fingerprint density at radius 3 is 2.27 bits per heavy atom. The maximum atomic E-state index is 12.1. The van der Waals surface area contributed by atoms with Crippen LogP contribution in [0, 0.1) is 0 Å². The van der Waals surface area contributed by atoms with Gasteiger partial charge in [0.15, 0.2) is 11.5 Å². The summed E-state index contributed by atoms with van der Waals surface area (Å²) in [6.45, 7) is 0.358. The minimum Gasteiger partial charge on any atom is -0.382 e. The molecule has 0 radical (unpaired) electrons. The van der Waals surface area contributed by atoms with E-state index in [0.717, 1.165) is 25.7 Å². The molecule has 1 saturated carbocycles. The average molecular weight is 306 g/mol. The van der Waals surface area contributed by atoms with Gasteiger partial charge in [0.1, 0.15) is 0 Å². The van der Waals surface area contributed by atoms with E-state index < -0.39 is 0 Å². The standard InChI is InChI=1S/C14H22N6O2/c15-6-5-11(21)19-9-1-3-10(4-2-9)20-14(22)12-13(16)18-8-7-17-12/h7-10H,1-6,15H2,(H2,16,18)(H,19,21)(H,20,22)/t9-,10-. The number of nitrogens with two attached hydrogens (primary N) is 2. The molecule has 2 rings (SSSR count). The van der Waals surface area contributed by atoms with Crippen molar-refractivity contribution < 1.29 is 9.59 Å². The largest absolute Gasteiger partial charge is 0.382 e. The minimum atomic E-state index is -0.304. The molecular weight excluding hydrogens is 284 g/mol. The summed E-state index contributed by atoms with van der Waals surface area (Å²) in [6.07, 6.45) is 6.51. The molecule has 0 aromatic carbocycles. The van der Waals surface area contributed by atoms with Crippen molar-refractivity contribution in [2.24, 2.45) is 5.73 Å². The smallest absolute Gasteiger partial charge is 0.273 e. The zero-order valence-corrected chi connectivity index (χ0v) is 12.4. The van der Waals surface area contributed by atoms with Crippen LogP contribution in [0.2, 0.25) is 0 Å². The van der Waals surface area contributed by atoms with Gasteiger partial charge in [-0.2, -0.15) is 0 Å². The Bertz CT molecular complexity index is 528. The van der Waals surface area contributed by atoms with Gasteiger partial charge in [-0.05, 0) is 25.7 Å². The van der Waals surface area contributed by atoms with Crippen LogP contribution in [0.3, 0.4) is 0 Å². The SMILES string of the molecule is NCCC(=O)N[C@H]1CC[C@H](NC(=O)c2nccnc2N)CC1. The topological polar surface area (TPSA) is 136 Å². The Morgan fingerprint density at radius 1 is 1.09 bits per heavy atom. The molecule has 0 saturated heterocycles. The van der Waals surface area contributed by atoms with Crippen LogP contribution >= 0.6 is 0 Å². The first-order valence-corrected chi connectivity index (χ1v) is 7.47. The van der Waals surface area contributed by atoms with Crippen molar-refractivity contribution in [2.75, 3.05) is 12.3 Å². The normalized spacial score (nSPS) is 21.1. The molecule has 0 aliphatic heterocycles. The summed E-state index contributed by atoms with van der Waals surface area (Å²) in [5, 5.41) is 5.88. The molecule has 0 atom stereocenters. The molecular formula is C14H22N6O2. The van der Waals surface area contributed by atoms with Crippen LogP contribution in [0.4, 0.5) is 5.82 Å². The summed E-state index contributed by atoms with van der Waals surface area (Å²) in [4.78, 5) is 31.4. The van der Waals surface area contributed by atoms with Gasteiger partial charge >= 0.3 is 0 Å². The summed E-state index contributed by atoms with van der Waals surface area (Å²) >= 11 is 0. The Hall–Kier alpha value is -2.22. The predicted molar refractivity (Wildman–Crippen MR) is 81.8 cm³/mol. The quantitative estimate of drug-likeness (QED) is 0.582. The third-order valence-corrected chi connectivity index (χ3v) is 3.74. The summed E-state index contributed by atoms with van der Waals surface area (Å²) in [5.41, 5.74) is 11.1. The van der Waals surface area contributed by atoms with Crippen LogP contribution in [0.15, 0.2) is 12.4 Å². The van der Waals surface area contributed by atoms with E-state index in [-0.39, 0.29) is 35.4 Å². The zero-order valence-electron chi connectivity index (χ0n) is 12.4. The van der Waals surface area contributed by atoms with Gasteiger partial charge in [-0.3, -0.25) is 9.59 Å². The van der Waals surface area contributed by atoms with Gasteiger partial charge < -0.3 is 22.1 Å². The number of nitrogens with zero attached hydrogens (tertiary/aromatic N) is 2. The Kier molecular flexibility index (Phi) is 5.65. The van der Waals surface area contributed by atoms with E-state index in [2.05, 4.69) is 20.6 Å². The van der Waals surface area contributed by atoms with Gasteiger partial charge in [0.2, 0.25) is 5.91 Å². The van der Waals surface area contributed by atoms with E-state index in [9.17, 15) is 9.59 Å². The van der Waals surface area contributed by atoms with E-state index in [1.807, 2.05) is 0 Å². The number of anilines is 1. The van der Waals surface area contributed by atoms with Crippen molar-refractivity contribution in [1.29, 1.82) is 0 Å². The van der Waals surface area contributed by atoms with E-state index in [4.69, 9.17) is 11.5 Å². The van der Waals surface area contributed by atoms with Crippen molar-refractivity contribution in [1.82, 2.24) is 20.6 Å². The van der Waals surface area contributed by atoms with Gasteiger partial charge in [0.25, 0.3) is 5.91 Å². The van der Waals surface area contributed by atoms with Gasteiger partial charge in [-0.15, -0.1) is 0 Å². The number of hydrogen-bond acceptors (Lipinski definition) is 6. The second kappa shape index (κ2) is 7.69. The molecule has 0 bridgehead atoms. The highest BCUT2D eigenvalue weighted by molar-refractivity contribution is 5.96. The Labute approximate surface area is 129 Å². The number of aromatic nitrogens is 2. The fraction of sp³-hybridized carbons (Fsp3) is 0.571. The fourth-order valence-electron chi connectivity index (χ4n) is 2.59. The first-order valence-electron chi connectivity index (χ1n) is 7.47. The molecule has 1 aliphatic rings. The van der Waals surface area contributed by atoms with E-state index in [1.165, 1.54) is 12.4 Å². The van der Waals surface area contributed by atoms with E-state index >= 15 is 0 Å². The predicted octanol–water partition coefficient (Wildman–Crippen LogP) is -0.435. The summed E-state index contributed by atoms with van der Waals surface area (Å²) in [7, 11) is 0. The van der Waals surface area contributed by atoms with E-state index in [0.29, 0.717) is 13.0 Å². The molecule has 8 nitrogen and oxygen atoms in total. The summed E-state index contributed by atoms with van der Waals surface area (Å²) in [5.74, 6) is -0.189. The third-order valence-electron chi connectivity index (χ3n) is 3.74. The van der Waals surface area contributed by atoms with Crippen LogP contribution in [0.25, 0.3) is 0 Å². The monoisotopic (exact) mass is 306 g/mol. The average Bonchev–Trinajstić information content (AvgIpc) is 2.50. The molecule has 6 N–H and O–H groups in total. The molecule has 0 unspecified atom stereocenters. The van der Waals surface area contributed by atoms with Crippen molar-refractivity contribution in [3.05, 3.63) is 18.1 Å². The molecule has 1 aromatic heterocycles. The molecule has 0 spiro atoms. The number of nitrogen functional groups attached to an aromatic ring is 1. The zero-order chi connectivity index (χ0) is 15.9. The fourth-order valence-corrected chi connectivity index (χ4v) is 2.59. The first kappa shape index (κ1) is 16.2. The van der Waals surface area contributed by atoms with Gasteiger partial charge in [0.05, 0.1) is 0 Å². The Morgan fingerprint density at radius 2 is 1.68 bits per heavy atom. The van der Waals surface area contributed by atoms with Crippen molar-refractivity contribution in [2.45, 2.75) is 44.2 Å². The number of carbonyl (C=O) groups is 2. The number of amides is 2. The lowest BCUT2D eigenvalue weighted by molar-refractivity contribution is -0.121. The highest BCUT2D eigenvalue weighted by atomic mass is 16.2. The number of nitrogens with one attached hydrogen (secondary N) is 2. The van der Waals surface area contributed by atoms with Crippen LogP contribution in [-0.2, 0) is 4.79 Å². The molecule has 8 heteroatoms. The Balaban J connectivity index is 1.79. The number of carbonyl (C=O) groups excluding carboxylic acids is 2. The minimum absolute atomic E-state index is 0.0117. The maximum Gasteiger partial charge on any atom is 0.273 e. The summed E-state index contributed by atoms with van der Waals surface area (Å²) < 4.78 is 0. The second-order valence-corrected chi connectivity index (χ2v) is 5.42. The van der Waals surface area contributed by atoms with E-state index in [1.54, 1.807) is 0 Å². The molecule has 2 amide bonds. The van der Waals surface area contributed by atoms with Crippen LogP contribution in [0.5, 0.6) is 0 Å². The molecule has 1 aromatic rings. The number of hydrogen-bond donors (Lipinski definition) is 4. The molecule has 1 aliphatic carbocycles. The molecule has 120 valence electrons. The van der Waals surface area contributed by atoms with Gasteiger partial charge in [0, 0.05) is 37.4 Å². The van der Waals surface area contributed by atoms with Crippen molar-refractivity contribution >= 4 is 17.6 Å². The lowest BCUT2D eigenvalue weighted by Gasteiger charge is -2.29. The number of rotatable bonds is 5. The highest BCUT2D eigenvalue weighted by Crippen LogP contribution is 2.19. The second-order valence-electron chi connectivity index (χ2n) is 5.42. The van der Waals surface area contributed by atoms with Gasteiger partial charge in [-0.1, -0.05) is 0 Å². The van der Waals surface area contributed by atoms with Crippen molar-refractivity contribution in [3.63, 3.8) is 0 Å². The third kappa shape index (κ3) is 4.39. The van der Waals surface area contributed by atoms with Crippen LogP contribution in [-0.4, -0.2) is 40.4 Å². The molecule has 22 heavy (non-hydrogen) atoms. The summed E-state index contributed by atoms with van der Waals surface area (Å²) in [6, 6.07) is 0.227. The van der Waals surface area contributed by atoms with Crippen molar-refractivity contribution in [3.8, 4) is 0 Å². The first-order chi connectivity index (χ1) is 10.6. The molecule has 1 heterocycles.